The number of hydrogen-bond donors (Lipinski definition) is 2. The maximum Gasteiger partial charge on any atom is 0.272 e. The smallest absolute Gasteiger partial charge is 0.272 e. The summed E-state index contributed by atoms with van der Waals surface area (Å²) >= 11 is 0. The number of aromatic nitrogens is 2. The molecule has 3 rings (SSSR count). The maximum atomic E-state index is 12.3. The van der Waals surface area contributed by atoms with Gasteiger partial charge in [-0.05, 0) is 25.5 Å². The van der Waals surface area contributed by atoms with Gasteiger partial charge in [0.25, 0.3) is 5.91 Å². The first-order valence-electron chi connectivity index (χ1n) is 6.69. The number of amides is 1. The summed E-state index contributed by atoms with van der Waals surface area (Å²) in [5.41, 5.74) is 1.50. The van der Waals surface area contributed by atoms with Gasteiger partial charge in [-0.15, -0.1) is 0 Å². The van der Waals surface area contributed by atoms with Crippen LogP contribution in [-0.2, 0) is 7.05 Å². The second-order valence-corrected chi connectivity index (χ2v) is 5.01. The van der Waals surface area contributed by atoms with Crippen LogP contribution in [0, 0.1) is 0 Å². The van der Waals surface area contributed by atoms with Crippen LogP contribution in [0.5, 0.6) is 0 Å². The zero-order valence-corrected chi connectivity index (χ0v) is 11.0. The van der Waals surface area contributed by atoms with Gasteiger partial charge >= 0.3 is 0 Å². The highest BCUT2D eigenvalue weighted by atomic mass is 16.2. The standard InChI is InChI=1S/C14H18N4O/c1-18-12-7-3-2-6-11(12)13(17-18)14(19)16-10-5-4-8-15-9-10/h2-3,6-7,10,15H,4-5,8-9H2,1H3,(H,16,19). The Hall–Kier alpha value is -1.88. The first-order valence-corrected chi connectivity index (χ1v) is 6.69. The van der Waals surface area contributed by atoms with Crippen LogP contribution in [-0.4, -0.2) is 34.8 Å². The number of carbonyl (C=O) groups is 1. The van der Waals surface area contributed by atoms with Crippen LogP contribution in [0.3, 0.4) is 0 Å². The molecule has 1 aromatic heterocycles. The summed E-state index contributed by atoms with van der Waals surface area (Å²) in [6.45, 7) is 1.88. The van der Waals surface area contributed by atoms with Gasteiger partial charge in [0, 0.05) is 25.0 Å². The van der Waals surface area contributed by atoms with Gasteiger partial charge in [-0.25, -0.2) is 0 Å². The van der Waals surface area contributed by atoms with E-state index in [2.05, 4.69) is 15.7 Å². The van der Waals surface area contributed by atoms with E-state index in [0.29, 0.717) is 5.69 Å². The lowest BCUT2D eigenvalue weighted by Gasteiger charge is -2.23. The highest BCUT2D eigenvalue weighted by Gasteiger charge is 2.20. The highest BCUT2D eigenvalue weighted by molar-refractivity contribution is 6.04. The predicted octanol–water partition coefficient (Wildman–Crippen LogP) is 1.06. The molecule has 1 aliphatic heterocycles. The average Bonchev–Trinajstić information content (AvgIpc) is 2.78. The second-order valence-electron chi connectivity index (χ2n) is 5.01. The van der Waals surface area contributed by atoms with E-state index in [1.54, 1.807) is 4.68 Å². The van der Waals surface area contributed by atoms with Crippen molar-refractivity contribution >= 4 is 16.8 Å². The largest absolute Gasteiger partial charge is 0.347 e. The summed E-state index contributed by atoms with van der Waals surface area (Å²) in [5, 5.41) is 11.6. The van der Waals surface area contributed by atoms with Gasteiger partial charge in [0.1, 0.15) is 0 Å². The number of hydrogen-bond acceptors (Lipinski definition) is 3. The van der Waals surface area contributed by atoms with E-state index in [1.165, 1.54) is 0 Å². The molecule has 1 amide bonds. The van der Waals surface area contributed by atoms with Crippen LogP contribution < -0.4 is 10.6 Å². The molecule has 19 heavy (non-hydrogen) atoms. The molecule has 2 aromatic rings. The third-order valence-electron chi connectivity index (χ3n) is 3.60. The van der Waals surface area contributed by atoms with Crippen LogP contribution in [0.1, 0.15) is 23.3 Å². The lowest BCUT2D eigenvalue weighted by atomic mass is 10.1. The third-order valence-corrected chi connectivity index (χ3v) is 3.60. The van der Waals surface area contributed by atoms with Crippen molar-refractivity contribution in [1.82, 2.24) is 20.4 Å². The maximum absolute atomic E-state index is 12.3. The fourth-order valence-corrected chi connectivity index (χ4v) is 2.61. The van der Waals surface area contributed by atoms with Crippen LogP contribution in [0.4, 0.5) is 0 Å². The number of rotatable bonds is 2. The molecule has 0 saturated carbocycles. The topological polar surface area (TPSA) is 59.0 Å². The van der Waals surface area contributed by atoms with Gasteiger partial charge in [0.2, 0.25) is 0 Å². The van der Waals surface area contributed by atoms with Crippen molar-refractivity contribution in [3.63, 3.8) is 0 Å². The van der Waals surface area contributed by atoms with E-state index in [1.807, 2.05) is 31.3 Å². The fourth-order valence-electron chi connectivity index (χ4n) is 2.61. The molecule has 1 atom stereocenters. The molecular formula is C14H18N4O. The summed E-state index contributed by atoms with van der Waals surface area (Å²) in [6.07, 6.45) is 2.14. The van der Waals surface area contributed by atoms with Gasteiger partial charge in [-0.3, -0.25) is 9.48 Å². The molecular weight excluding hydrogens is 240 g/mol. The molecule has 1 unspecified atom stereocenters. The Labute approximate surface area is 112 Å². The molecule has 1 saturated heterocycles. The quantitative estimate of drug-likeness (QED) is 0.846. The van der Waals surface area contributed by atoms with Gasteiger partial charge in [-0.1, -0.05) is 18.2 Å². The SMILES string of the molecule is Cn1nc(C(=O)NC2CCCNC2)c2ccccc21. The first-order chi connectivity index (χ1) is 9.25. The van der Waals surface area contributed by atoms with Crippen molar-refractivity contribution in [3.05, 3.63) is 30.0 Å². The zero-order chi connectivity index (χ0) is 13.2. The Balaban J connectivity index is 1.85. The summed E-state index contributed by atoms with van der Waals surface area (Å²) in [4.78, 5) is 12.3. The minimum absolute atomic E-state index is 0.0782. The van der Waals surface area contributed by atoms with E-state index in [-0.39, 0.29) is 11.9 Å². The van der Waals surface area contributed by atoms with E-state index < -0.39 is 0 Å². The number of nitrogens with zero attached hydrogens (tertiary/aromatic N) is 2. The molecule has 0 spiro atoms. The summed E-state index contributed by atoms with van der Waals surface area (Å²) in [5.74, 6) is -0.0782. The van der Waals surface area contributed by atoms with Gasteiger partial charge in [0.15, 0.2) is 5.69 Å². The summed E-state index contributed by atoms with van der Waals surface area (Å²) in [6, 6.07) is 8.01. The van der Waals surface area contributed by atoms with Crippen LogP contribution in [0.15, 0.2) is 24.3 Å². The van der Waals surface area contributed by atoms with Gasteiger partial charge in [0.05, 0.1) is 5.52 Å². The zero-order valence-electron chi connectivity index (χ0n) is 11.0. The monoisotopic (exact) mass is 258 g/mol. The number of aryl methyl sites for hydroxylation is 1. The lowest BCUT2D eigenvalue weighted by Crippen LogP contribution is -2.45. The van der Waals surface area contributed by atoms with E-state index in [9.17, 15) is 4.79 Å². The van der Waals surface area contributed by atoms with Crippen LogP contribution >= 0.6 is 0 Å². The molecule has 0 bridgehead atoms. The first kappa shape index (κ1) is 12.2. The molecule has 5 heteroatoms. The fraction of sp³-hybridized carbons (Fsp3) is 0.429. The highest BCUT2D eigenvalue weighted by Crippen LogP contribution is 2.17. The summed E-state index contributed by atoms with van der Waals surface area (Å²) < 4.78 is 1.75. The third kappa shape index (κ3) is 2.33. The Bertz CT molecular complexity index is 599. The van der Waals surface area contributed by atoms with Crippen molar-refractivity contribution in [1.29, 1.82) is 0 Å². The van der Waals surface area contributed by atoms with Gasteiger partial charge < -0.3 is 10.6 Å². The lowest BCUT2D eigenvalue weighted by molar-refractivity contribution is 0.0926. The number of nitrogens with one attached hydrogen (secondary N) is 2. The Morgan fingerprint density at radius 3 is 3.11 bits per heavy atom. The van der Waals surface area contributed by atoms with Crippen molar-refractivity contribution in [2.45, 2.75) is 18.9 Å². The normalized spacial score (nSPS) is 19.5. The molecule has 1 fully saturated rings. The van der Waals surface area contributed by atoms with Crippen molar-refractivity contribution in [2.24, 2.45) is 7.05 Å². The molecule has 0 aliphatic carbocycles. The number of benzene rings is 1. The number of piperidine rings is 1. The average molecular weight is 258 g/mol. The molecule has 0 radical (unpaired) electrons. The van der Waals surface area contributed by atoms with Crippen molar-refractivity contribution in [3.8, 4) is 0 Å². The van der Waals surface area contributed by atoms with Crippen LogP contribution in [0.25, 0.3) is 10.9 Å². The Kier molecular flexibility index (Phi) is 3.21. The van der Waals surface area contributed by atoms with Crippen LogP contribution in [0.2, 0.25) is 0 Å². The molecule has 100 valence electrons. The Morgan fingerprint density at radius 1 is 1.47 bits per heavy atom. The van der Waals surface area contributed by atoms with E-state index >= 15 is 0 Å². The number of carbonyl (C=O) groups excluding carboxylic acids is 1. The molecule has 2 N–H and O–H groups in total. The predicted molar refractivity (Wildman–Crippen MR) is 74.1 cm³/mol. The number of fused-ring (bicyclic) bond motifs is 1. The molecule has 1 aromatic carbocycles. The minimum Gasteiger partial charge on any atom is -0.347 e. The minimum atomic E-state index is -0.0782. The van der Waals surface area contributed by atoms with Crippen molar-refractivity contribution in [2.75, 3.05) is 13.1 Å². The summed E-state index contributed by atoms with van der Waals surface area (Å²) in [7, 11) is 1.86. The Morgan fingerprint density at radius 2 is 2.32 bits per heavy atom. The van der Waals surface area contributed by atoms with Crippen molar-refractivity contribution < 1.29 is 4.79 Å². The van der Waals surface area contributed by atoms with E-state index in [0.717, 1.165) is 36.8 Å². The second kappa shape index (κ2) is 5.01. The van der Waals surface area contributed by atoms with Gasteiger partial charge in [-0.2, -0.15) is 5.10 Å². The molecule has 5 nitrogen and oxygen atoms in total. The number of para-hydroxylation sites is 1. The van der Waals surface area contributed by atoms with E-state index in [4.69, 9.17) is 0 Å². The molecule has 2 heterocycles. The molecule has 1 aliphatic rings.